The van der Waals surface area contributed by atoms with E-state index < -0.39 is 0 Å². The number of ether oxygens (including phenoxy) is 1. The highest BCUT2D eigenvalue weighted by atomic mass is 32.1. The van der Waals surface area contributed by atoms with Crippen molar-refractivity contribution in [1.82, 2.24) is 9.88 Å². The van der Waals surface area contributed by atoms with E-state index in [0.717, 1.165) is 5.56 Å². The molecule has 0 amide bonds. The summed E-state index contributed by atoms with van der Waals surface area (Å²) in [6.07, 6.45) is 1.65. The molecule has 0 aliphatic carbocycles. The maximum absolute atomic E-state index is 5.65. The van der Waals surface area contributed by atoms with Crippen LogP contribution in [0.3, 0.4) is 0 Å². The molecule has 1 rings (SSSR count). The van der Waals surface area contributed by atoms with Crippen LogP contribution >= 0.6 is 12.2 Å². The van der Waals surface area contributed by atoms with E-state index in [1.165, 1.54) is 0 Å². The molecule has 0 spiro atoms. The average molecular weight is 253 g/mol. The highest BCUT2D eigenvalue weighted by molar-refractivity contribution is 7.80. The van der Waals surface area contributed by atoms with Crippen molar-refractivity contribution in [1.29, 1.82) is 0 Å². The quantitative estimate of drug-likeness (QED) is 0.805. The number of rotatable bonds is 5. The number of hydrogen-bond acceptors (Lipinski definition) is 4. The van der Waals surface area contributed by atoms with E-state index in [1.807, 2.05) is 14.1 Å². The van der Waals surface area contributed by atoms with Crippen LogP contribution in [-0.2, 0) is 0 Å². The first-order chi connectivity index (χ1) is 7.83. The summed E-state index contributed by atoms with van der Waals surface area (Å²) in [5, 5.41) is 0. The van der Waals surface area contributed by atoms with Crippen LogP contribution < -0.4 is 10.5 Å². The summed E-state index contributed by atoms with van der Waals surface area (Å²) in [5.74, 6) is 0.547. The number of likely N-dealkylation sites (N-methyl/N-ethyl adjacent to an activating group) is 1. The molecular weight excluding hydrogens is 234 g/mol. The standard InChI is InChI=1S/C12H19N3OS/c1-12(2,15(3)4)8-16-10-7-9(11(13)17)5-6-14-10/h5-7H,8H2,1-4H3,(H2,13,17). The van der Waals surface area contributed by atoms with Crippen LogP contribution in [-0.4, -0.2) is 41.1 Å². The Balaban J connectivity index is 2.70. The monoisotopic (exact) mass is 253 g/mol. The van der Waals surface area contributed by atoms with Crippen LogP contribution in [0.25, 0.3) is 0 Å². The molecule has 1 aromatic rings. The van der Waals surface area contributed by atoms with E-state index in [-0.39, 0.29) is 5.54 Å². The summed E-state index contributed by atoms with van der Waals surface area (Å²) in [6, 6.07) is 3.53. The van der Waals surface area contributed by atoms with Gasteiger partial charge in [-0.2, -0.15) is 0 Å². The van der Waals surface area contributed by atoms with Crippen molar-refractivity contribution in [2.45, 2.75) is 19.4 Å². The zero-order valence-electron chi connectivity index (χ0n) is 10.7. The Labute approximate surface area is 108 Å². The average Bonchev–Trinajstić information content (AvgIpc) is 2.26. The van der Waals surface area contributed by atoms with E-state index in [2.05, 4.69) is 23.7 Å². The van der Waals surface area contributed by atoms with Gasteiger partial charge in [0.25, 0.3) is 0 Å². The molecule has 0 saturated carbocycles. The van der Waals surface area contributed by atoms with Crippen LogP contribution in [0.1, 0.15) is 19.4 Å². The smallest absolute Gasteiger partial charge is 0.213 e. The number of aromatic nitrogens is 1. The van der Waals surface area contributed by atoms with Crippen molar-refractivity contribution in [3.05, 3.63) is 23.9 Å². The van der Waals surface area contributed by atoms with Crippen molar-refractivity contribution >= 4 is 17.2 Å². The van der Waals surface area contributed by atoms with Gasteiger partial charge in [-0.3, -0.25) is 0 Å². The molecular formula is C12H19N3OS. The lowest BCUT2D eigenvalue weighted by Gasteiger charge is -2.31. The Bertz CT molecular complexity index is 404. The largest absolute Gasteiger partial charge is 0.476 e. The molecule has 0 radical (unpaired) electrons. The Morgan fingerprint density at radius 3 is 2.71 bits per heavy atom. The molecule has 0 atom stereocenters. The fourth-order valence-electron chi connectivity index (χ4n) is 1.02. The minimum atomic E-state index is -0.0547. The van der Waals surface area contributed by atoms with Gasteiger partial charge in [-0.25, -0.2) is 4.98 Å². The van der Waals surface area contributed by atoms with E-state index in [4.69, 9.17) is 22.7 Å². The lowest BCUT2D eigenvalue weighted by atomic mass is 10.1. The van der Waals surface area contributed by atoms with E-state index >= 15 is 0 Å². The summed E-state index contributed by atoms with van der Waals surface area (Å²) < 4.78 is 5.65. The molecule has 0 aromatic carbocycles. The SMILES string of the molecule is CN(C)C(C)(C)COc1cc(C(N)=S)ccn1. The van der Waals surface area contributed by atoms with Gasteiger partial charge in [0.2, 0.25) is 5.88 Å². The summed E-state index contributed by atoms with van der Waals surface area (Å²) >= 11 is 4.91. The molecule has 5 heteroatoms. The van der Waals surface area contributed by atoms with Crippen LogP contribution in [0.5, 0.6) is 5.88 Å². The van der Waals surface area contributed by atoms with Crippen molar-refractivity contribution < 1.29 is 4.74 Å². The molecule has 0 saturated heterocycles. The summed E-state index contributed by atoms with van der Waals surface area (Å²) in [7, 11) is 4.03. The topological polar surface area (TPSA) is 51.4 Å². The third-order valence-corrected chi connectivity index (χ3v) is 3.04. The van der Waals surface area contributed by atoms with E-state index in [0.29, 0.717) is 17.5 Å². The Morgan fingerprint density at radius 2 is 2.18 bits per heavy atom. The normalized spacial score (nSPS) is 11.6. The van der Waals surface area contributed by atoms with Crippen LogP contribution in [0.15, 0.2) is 18.3 Å². The molecule has 1 aromatic heterocycles. The van der Waals surface area contributed by atoms with Gasteiger partial charge in [-0.1, -0.05) is 12.2 Å². The molecule has 17 heavy (non-hydrogen) atoms. The second kappa shape index (κ2) is 5.42. The molecule has 94 valence electrons. The van der Waals surface area contributed by atoms with Gasteiger partial charge in [-0.15, -0.1) is 0 Å². The van der Waals surface area contributed by atoms with Gasteiger partial charge < -0.3 is 15.4 Å². The van der Waals surface area contributed by atoms with Gasteiger partial charge >= 0.3 is 0 Å². The summed E-state index contributed by atoms with van der Waals surface area (Å²) in [4.78, 5) is 6.58. The molecule has 1 heterocycles. The Morgan fingerprint density at radius 1 is 1.53 bits per heavy atom. The Hall–Kier alpha value is -1.20. The van der Waals surface area contributed by atoms with Crippen molar-refractivity contribution in [3.63, 3.8) is 0 Å². The van der Waals surface area contributed by atoms with Gasteiger partial charge in [0.1, 0.15) is 11.6 Å². The maximum atomic E-state index is 5.65. The first kappa shape index (κ1) is 13.9. The number of hydrogen-bond donors (Lipinski definition) is 1. The number of pyridine rings is 1. The Kier molecular flexibility index (Phi) is 4.42. The number of nitrogens with zero attached hydrogens (tertiary/aromatic N) is 2. The molecule has 0 aliphatic heterocycles. The van der Waals surface area contributed by atoms with Gasteiger partial charge in [0.15, 0.2) is 0 Å². The summed E-state index contributed by atoms with van der Waals surface area (Å²) in [5.41, 5.74) is 6.27. The second-order valence-corrected chi connectivity index (χ2v) is 5.18. The highest BCUT2D eigenvalue weighted by Crippen LogP contribution is 2.14. The minimum Gasteiger partial charge on any atom is -0.476 e. The van der Waals surface area contributed by atoms with Crippen molar-refractivity contribution in [2.24, 2.45) is 5.73 Å². The predicted octanol–water partition coefficient (Wildman–Crippen LogP) is 1.43. The molecule has 2 N–H and O–H groups in total. The second-order valence-electron chi connectivity index (χ2n) is 4.74. The van der Waals surface area contributed by atoms with Crippen LogP contribution in [0.4, 0.5) is 0 Å². The number of thiocarbonyl (C=S) groups is 1. The van der Waals surface area contributed by atoms with Crippen LogP contribution in [0.2, 0.25) is 0 Å². The van der Waals surface area contributed by atoms with Crippen molar-refractivity contribution in [3.8, 4) is 5.88 Å². The maximum Gasteiger partial charge on any atom is 0.213 e. The first-order valence-corrected chi connectivity index (χ1v) is 5.80. The lowest BCUT2D eigenvalue weighted by molar-refractivity contribution is 0.111. The van der Waals surface area contributed by atoms with Gasteiger partial charge in [0.05, 0.1) is 0 Å². The molecule has 4 nitrogen and oxygen atoms in total. The summed E-state index contributed by atoms with van der Waals surface area (Å²) in [6.45, 7) is 4.75. The zero-order valence-corrected chi connectivity index (χ0v) is 11.5. The molecule has 0 fully saturated rings. The van der Waals surface area contributed by atoms with E-state index in [1.54, 1.807) is 18.3 Å². The highest BCUT2D eigenvalue weighted by Gasteiger charge is 2.21. The van der Waals surface area contributed by atoms with Crippen LogP contribution in [0, 0.1) is 0 Å². The zero-order chi connectivity index (χ0) is 13.1. The fraction of sp³-hybridized carbons (Fsp3) is 0.500. The molecule has 0 bridgehead atoms. The fourth-order valence-corrected chi connectivity index (χ4v) is 1.15. The van der Waals surface area contributed by atoms with Gasteiger partial charge in [0, 0.05) is 23.4 Å². The third-order valence-electron chi connectivity index (χ3n) is 2.80. The lowest BCUT2D eigenvalue weighted by Crippen LogP contribution is -2.43. The molecule has 0 aliphatic rings. The van der Waals surface area contributed by atoms with E-state index in [9.17, 15) is 0 Å². The van der Waals surface area contributed by atoms with Gasteiger partial charge in [-0.05, 0) is 34.0 Å². The first-order valence-electron chi connectivity index (χ1n) is 5.39. The molecule has 0 unspecified atom stereocenters. The number of nitrogens with two attached hydrogens (primary N) is 1. The third kappa shape index (κ3) is 3.94. The van der Waals surface area contributed by atoms with Crippen molar-refractivity contribution in [2.75, 3.05) is 20.7 Å². The predicted molar refractivity (Wildman–Crippen MR) is 73.4 cm³/mol. The minimum absolute atomic E-state index is 0.0547.